The van der Waals surface area contributed by atoms with Crippen molar-refractivity contribution in [2.24, 2.45) is 0 Å². The van der Waals surface area contributed by atoms with Crippen LogP contribution in [0.3, 0.4) is 0 Å². The molecule has 1 aromatic heterocycles. The summed E-state index contributed by atoms with van der Waals surface area (Å²) in [4.78, 5) is 18.7. The number of halogens is 1. The number of hydrogen-bond acceptors (Lipinski definition) is 4. The third-order valence-electron chi connectivity index (χ3n) is 3.57. The Bertz CT molecular complexity index is 833. The van der Waals surface area contributed by atoms with Crippen molar-refractivity contribution < 1.29 is 9.32 Å². The van der Waals surface area contributed by atoms with E-state index in [1.165, 1.54) is 0 Å². The molecule has 0 spiro atoms. The second-order valence-corrected chi connectivity index (χ2v) is 6.12. The molecule has 0 radical (unpaired) electrons. The van der Waals surface area contributed by atoms with Crippen LogP contribution in [0.1, 0.15) is 23.2 Å². The van der Waals surface area contributed by atoms with Crippen LogP contribution in [-0.4, -0.2) is 27.5 Å². The number of aromatic nitrogens is 2. The van der Waals surface area contributed by atoms with Gasteiger partial charge in [0.05, 0.1) is 0 Å². The minimum atomic E-state index is -0.0711. The molecule has 1 heterocycles. The molecule has 1 amide bonds. The fraction of sp³-hybridized carbons (Fsp3) is 0.167. The average molecular weight is 386 g/mol. The number of nitrogens with zero attached hydrogens (tertiary/aromatic N) is 3. The highest BCUT2D eigenvalue weighted by molar-refractivity contribution is 9.10. The van der Waals surface area contributed by atoms with Gasteiger partial charge in [0.1, 0.15) is 6.54 Å². The zero-order valence-electron chi connectivity index (χ0n) is 13.1. The first kappa shape index (κ1) is 16.4. The minimum Gasteiger partial charge on any atom is -0.337 e. The van der Waals surface area contributed by atoms with E-state index >= 15 is 0 Å². The summed E-state index contributed by atoms with van der Waals surface area (Å²) in [6.07, 6.45) is 0. The van der Waals surface area contributed by atoms with Gasteiger partial charge in [-0.1, -0.05) is 57.5 Å². The molecule has 0 bridgehead atoms. The second-order valence-electron chi connectivity index (χ2n) is 5.21. The van der Waals surface area contributed by atoms with Crippen LogP contribution < -0.4 is 0 Å². The number of benzene rings is 2. The van der Waals surface area contributed by atoms with Gasteiger partial charge in [-0.3, -0.25) is 4.79 Å². The highest BCUT2D eigenvalue weighted by Gasteiger charge is 2.18. The van der Waals surface area contributed by atoms with Crippen molar-refractivity contribution in [2.45, 2.75) is 13.5 Å². The molecule has 0 saturated carbocycles. The summed E-state index contributed by atoms with van der Waals surface area (Å²) in [5.41, 5.74) is 1.50. The Labute approximate surface area is 148 Å². The lowest BCUT2D eigenvalue weighted by Crippen LogP contribution is -2.30. The molecular weight excluding hydrogens is 370 g/mol. The summed E-state index contributed by atoms with van der Waals surface area (Å²) in [5, 5.41) is 3.99. The van der Waals surface area contributed by atoms with Crippen LogP contribution in [0.4, 0.5) is 0 Å². The molecule has 0 fully saturated rings. The molecule has 0 atom stereocenters. The summed E-state index contributed by atoms with van der Waals surface area (Å²) in [5.74, 6) is 0.869. The quantitative estimate of drug-likeness (QED) is 0.661. The maximum Gasteiger partial charge on any atom is 0.254 e. The molecule has 6 heteroatoms. The Balaban J connectivity index is 1.76. The van der Waals surface area contributed by atoms with E-state index in [-0.39, 0.29) is 12.5 Å². The average Bonchev–Trinajstić information content (AvgIpc) is 3.08. The maximum atomic E-state index is 12.6. The van der Waals surface area contributed by atoms with Crippen LogP contribution in [0.5, 0.6) is 0 Å². The van der Waals surface area contributed by atoms with E-state index in [2.05, 4.69) is 26.1 Å². The lowest BCUT2D eigenvalue weighted by Gasteiger charge is -2.18. The zero-order valence-corrected chi connectivity index (χ0v) is 14.7. The van der Waals surface area contributed by atoms with Gasteiger partial charge in [0.15, 0.2) is 0 Å². The lowest BCUT2D eigenvalue weighted by molar-refractivity contribution is 0.0734. The monoisotopic (exact) mass is 385 g/mol. The molecule has 2 aromatic carbocycles. The fourth-order valence-electron chi connectivity index (χ4n) is 2.32. The van der Waals surface area contributed by atoms with Gasteiger partial charge in [-0.05, 0) is 25.1 Å². The van der Waals surface area contributed by atoms with Gasteiger partial charge in [0.25, 0.3) is 5.91 Å². The van der Waals surface area contributed by atoms with Crippen molar-refractivity contribution >= 4 is 21.8 Å². The van der Waals surface area contributed by atoms with Crippen LogP contribution in [0.15, 0.2) is 63.6 Å². The summed E-state index contributed by atoms with van der Waals surface area (Å²) in [6.45, 7) is 2.75. The zero-order chi connectivity index (χ0) is 16.9. The summed E-state index contributed by atoms with van der Waals surface area (Å²) in [6, 6.07) is 16.9. The van der Waals surface area contributed by atoms with Crippen molar-refractivity contribution in [3.05, 3.63) is 70.5 Å². The summed E-state index contributed by atoms with van der Waals surface area (Å²) in [7, 11) is 0. The van der Waals surface area contributed by atoms with E-state index in [1.807, 2.05) is 49.4 Å². The van der Waals surface area contributed by atoms with Gasteiger partial charge in [0, 0.05) is 22.1 Å². The molecule has 0 aliphatic carbocycles. The third kappa shape index (κ3) is 3.71. The van der Waals surface area contributed by atoms with E-state index in [4.69, 9.17) is 4.52 Å². The molecule has 3 aromatic rings. The van der Waals surface area contributed by atoms with Crippen LogP contribution in [0, 0.1) is 0 Å². The minimum absolute atomic E-state index is 0.0711. The van der Waals surface area contributed by atoms with Gasteiger partial charge < -0.3 is 9.42 Å². The number of rotatable bonds is 5. The number of amides is 1. The molecule has 0 unspecified atom stereocenters. The summed E-state index contributed by atoms with van der Waals surface area (Å²) >= 11 is 3.39. The van der Waals surface area contributed by atoms with Crippen molar-refractivity contribution in [3.8, 4) is 11.4 Å². The number of carbonyl (C=O) groups is 1. The lowest BCUT2D eigenvalue weighted by atomic mass is 10.2. The van der Waals surface area contributed by atoms with E-state index in [9.17, 15) is 4.79 Å². The second kappa shape index (κ2) is 7.40. The predicted octanol–water partition coefficient (Wildman–Crippen LogP) is 4.16. The van der Waals surface area contributed by atoms with Crippen LogP contribution in [0.25, 0.3) is 11.4 Å². The van der Waals surface area contributed by atoms with Gasteiger partial charge in [-0.15, -0.1) is 0 Å². The predicted molar refractivity (Wildman–Crippen MR) is 94.3 cm³/mol. The first-order chi connectivity index (χ1) is 11.7. The highest BCUT2D eigenvalue weighted by atomic mass is 79.9. The molecular formula is C18H16BrN3O2. The number of carbonyl (C=O) groups excluding carboxylic acids is 1. The first-order valence-corrected chi connectivity index (χ1v) is 8.39. The van der Waals surface area contributed by atoms with Crippen molar-refractivity contribution in [2.75, 3.05) is 6.54 Å². The van der Waals surface area contributed by atoms with E-state index in [1.54, 1.807) is 17.0 Å². The maximum absolute atomic E-state index is 12.6. The van der Waals surface area contributed by atoms with Crippen LogP contribution in [-0.2, 0) is 6.54 Å². The molecule has 0 aliphatic heterocycles. The van der Waals surface area contributed by atoms with Gasteiger partial charge in [0.2, 0.25) is 11.7 Å². The SMILES string of the molecule is CCN(Cc1nc(-c2ccccc2)no1)C(=O)c1cccc(Br)c1. The Kier molecular flexibility index (Phi) is 5.05. The Morgan fingerprint density at radius 3 is 2.67 bits per heavy atom. The van der Waals surface area contributed by atoms with Gasteiger partial charge >= 0.3 is 0 Å². The summed E-state index contributed by atoms with van der Waals surface area (Å²) < 4.78 is 6.17. The van der Waals surface area contributed by atoms with Crippen molar-refractivity contribution in [1.29, 1.82) is 0 Å². The Hall–Kier alpha value is -2.47. The van der Waals surface area contributed by atoms with Gasteiger partial charge in [-0.2, -0.15) is 4.98 Å². The highest BCUT2D eigenvalue weighted by Crippen LogP contribution is 2.17. The fourth-order valence-corrected chi connectivity index (χ4v) is 2.72. The molecule has 24 heavy (non-hydrogen) atoms. The standard InChI is InChI=1S/C18H16BrN3O2/c1-2-22(18(23)14-9-6-10-15(19)11-14)12-16-20-17(21-24-16)13-7-4-3-5-8-13/h3-11H,2,12H2,1H3. The van der Waals surface area contributed by atoms with E-state index < -0.39 is 0 Å². The van der Waals surface area contributed by atoms with Crippen LogP contribution in [0.2, 0.25) is 0 Å². The van der Waals surface area contributed by atoms with E-state index in [0.29, 0.717) is 23.8 Å². The Morgan fingerprint density at radius 1 is 1.17 bits per heavy atom. The molecule has 0 aliphatic rings. The van der Waals surface area contributed by atoms with Crippen LogP contribution >= 0.6 is 15.9 Å². The molecule has 0 N–H and O–H groups in total. The molecule has 3 rings (SSSR count). The largest absolute Gasteiger partial charge is 0.337 e. The normalized spacial score (nSPS) is 10.6. The van der Waals surface area contributed by atoms with E-state index in [0.717, 1.165) is 10.0 Å². The van der Waals surface area contributed by atoms with Crippen molar-refractivity contribution in [1.82, 2.24) is 15.0 Å². The van der Waals surface area contributed by atoms with Crippen molar-refractivity contribution in [3.63, 3.8) is 0 Å². The van der Waals surface area contributed by atoms with Gasteiger partial charge in [-0.25, -0.2) is 0 Å². The third-order valence-corrected chi connectivity index (χ3v) is 4.06. The molecule has 122 valence electrons. The topological polar surface area (TPSA) is 59.2 Å². The smallest absolute Gasteiger partial charge is 0.254 e. The molecule has 5 nitrogen and oxygen atoms in total. The molecule has 0 saturated heterocycles. The number of hydrogen-bond donors (Lipinski definition) is 0. The first-order valence-electron chi connectivity index (χ1n) is 7.60. The Morgan fingerprint density at radius 2 is 1.96 bits per heavy atom.